The van der Waals surface area contributed by atoms with Crippen LogP contribution in [-0.4, -0.2) is 69.8 Å². The summed E-state index contributed by atoms with van der Waals surface area (Å²) in [7, 11) is 0. The second kappa shape index (κ2) is 17.1. The highest BCUT2D eigenvalue weighted by molar-refractivity contribution is 5.87. The third kappa shape index (κ3) is 13.4. The van der Waals surface area contributed by atoms with E-state index in [9.17, 15) is 9.90 Å². The second-order valence-corrected chi connectivity index (χ2v) is 7.38. The molecule has 1 rings (SSSR count). The lowest BCUT2D eigenvalue weighted by Gasteiger charge is -2.30. The first-order valence-electron chi connectivity index (χ1n) is 10.7. The van der Waals surface area contributed by atoms with E-state index in [4.69, 9.17) is 19.9 Å². The molecule has 164 valence electrons. The van der Waals surface area contributed by atoms with Crippen LogP contribution in [0.5, 0.6) is 0 Å². The number of carbonyl (C=O) groups excluding carboxylic acids is 1. The number of ketones is 1. The van der Waals surface area contributed by atoms with Gasteiger partial charge >= 0.3 is 0 Å². The Morgan fingerprint density at radius 3 is 2.18 bits per heavy atom. The van der Waals surface area contributed by atoms with Crippen LogP contribution in [0, 0.1) is 11.8 Å². The van der Waals surface area contributed by atoms with Gasteiger partial charge in [-0.1, -0.05) is 6.08 Å². The standard InChI is InChI=1S/C21H40N2O5/c1-18(24)4-5-19-6-8-20(9-7-19)21(25)23-11-3-13-27-15-17-28-16-14-26-12-2-10-22/h4-5,19-21,23,25H,2-3,6-17,22H2,1H3/b5-4-. The van der Waals surface area contributed by atoms with Gasteiger partial charge in [-0.15, -0.1) is 0 Å². The Hall–Kier alpha value is -0.830. The van der Waals surface area contributed by atoms with Crippen LogP contribution in [0.3, 0.4) is 0 Å². The molecule has 0 amide bonds. The van der Waals surface area contributed by atoms with E-state index in [2.05, 4.69) is 5.32 Å². The molecule has 1 atom stereocenters. The monoisotopic (exact) mass is 400 g/mol. The minimum absolute atomic E-state index is 0.102. The topological polar surface area (TPSA) is 103 Å². The van der Waals surface area contributed by atoms with Crippen LogP contribution in [0.15, 0.2) is 12.2 Å². The summed E-state index contributed by atoms with van der Waals surface area (Å²) >= 11 is 0. The van der Waals surface area contributed by atoms with E-state index in [1.807, 2.05) is 6.08 Å². The van der Waals surface area contributed by atoms with E-state index in [1.165, 1.54) is 0 Å². The summed E-state index contributed by atoms with van der Waals surface area (Å²) < 4.78 is 16.3. The average molecular weight is 401 g/mol. The maximum absolute atomic E-state index is 11.0. The van der Waals surface area contributed by atoms with Gasteiger partial charge < -0.3 is 25.1 Å². The van der Waals surface area contributed by atoms with Crippen molar-refractivity contribution in [3.05, 3.63) is 12.2 Å². The Morgan fingerprint density at radius 1 is 1.04 bits per heavy atom. The van der Waals surface area contributed by atoms with E-state index in [0.29, 0.717) is 58.0 Å². The molecule has 1 saturated carbocycles. The van der Waals surface area contributed by atoms with Crippen molar-refractivity contribution in [2.45, 2.75) is 51.7 Å². The van der Waals surface area contributed by atoms with Crippen molar-refractivity contribution in [2.24, 2.45) is 17.6 Å². The molecule has 4 N–H and O–H groups in total. The average Bonchev–Trinajstić information content (AvgIpc) is 2.70. The van der Waals surface area contributed by atoms with Crippen LogP contribution in [-0.2, 0) is 19.0 Å². The lowest BCUT2D eigenvalue weighted by atomic mass is 9.81. The predicted molar refractivity (Wildman–Crippen MR) is 110 cm³/mol. The Morgan fingerprint density at radius 2 is 1.61 bits per heavy atom. The lowest BCUT2D eigenvalue weighted by Crippen LogP contribution is -2.38. The van der Waals surface area contributed by atoms with Crippen LogP contribution in [0.25, 0.3) is 0 Å². The molecular weight excluding hydrogens is 360 g/mol. The molecule has 7 heteroatoms. The predicted octanol–water partition coefficient (Wildman–Crippen LogP) is 1.63. The number of rotatable bonds is 17. The number of allylic oxidation sites excluding steroid dienone is 2. The molecule has 0 saturated heterocycles. The highest BCUT2D eigenvalue weighted by atomic mass is 16.5. The van der Waals surface area contributed by atoms with Gasteiger partial charge in [0.25, 0.3) is 0 Å². The van der Waals surface area contributed by atoms with Crippen LogP contribution in [0.2, 0.25) is 0 Å². The summed E-state index contributed by atoms with van der Waals surface area (Å²) in [4.78, 5) is 11.0. The van der Waals surface area contributed by atoms with E-state index in [1.54, 1.807) is 13.0 Å². The maximum atomic E-state index is 11.0. The highest BCUT2D eigenvalue weighted by Gasteiger charge is 2.24. The summed E-state index contributed by atoms with van der Waals surface area (Å²) in [5, 5.41) is 13.5. The lowest BCUT2D eigenvalue weighted by molar-refractivity contribution is -0.112. The molecule has 1 unspecified atom stereocenters. The van der Waals surface area contributed by atoms with Gasteiger partial charge in [0.15, 0.2) is 5.78 Å². The highest BCUT2D eigenvalue weighted by Crippen LogP contribution is 2.31. The maximum Gasteiger partial charge on any atom is 0.152 e. The Bertz CT molecular complexity index is 412. The van der Waals surface area contributed by atoms with Gasteiger partial charge in [-0.3, -0.25) is 10.1 Å². The van der Waals surface area contributed by atoms with Crippen molar-refractivity contribution in [1.82, 2.24) is 5.32 Å². The number of aliphatic hydroxyl groups excluding tert-OH is 1. The molecule has 0 spiro atoms. The summed E-state index contributed by atoms with van der Waals surface area (Å²) in [5.74, 6) is 0.869. The van der Waals surface area contributed by atoms with Crippen molar-refractivity contribution in [3.8, 4) is 0 Å². The van der Waals surface area contributed by atoms with E-state index in [-0.39, 0.29) is 5.78 Å². The fourth-order valence-electron chi connectivity index (χ4n) is 3.24. The molecule has 0 aromatic heterocycles. The molecule has 0 bridgehead atoms. The van der Waals surface area contributed by atoms with Gasteiger partial charge in [0.05, 0.1) is 26.4 Å². The zero-order valence-electron chi connectivity index (χ0n) is 17.4. The van der Waals surface area contributed by atoms with E-state index < -0.39 is 6.23 Å². The van der Waals surface area contributed by atoms with Crippen LogP contribution in [0.4, 0.5) is 0 Å². The first kappa shape index (κ1) is 25.2. The number of carbonyl (C=O) groups is 1. The number of ether oxygens (including phenoxy) is 3. The molecular formula is C21H40N2O5. The van der Waals surface area contributed by atoms with Crippen LogP contribution >= 0.6 is 0 Å². The molecule has 7 nitrogen and oxygen atoms in total. The molecule has 1 aliphatic carbocycles. The van der Waals surface area contributed by atoms with Gasteiger partial charge in [-0.25, -0.2) is 0 Å². The molecule has 0 heterocycles. The van der Waals surface area contributed by atoms with Gasteiger partial charge in [0, 0.05) is 13.2 Å². The summed E-state index contributed by atoms with van der Waals surface area (Å²) in [5.41, 5.74) is 5.38. The van der Waals surface area contributed by atoms with Gasteiger partial charge in [0.2, 0.25) is 0 Å². The van der Waals surface area contributed by atoms with Gasteiger partial charge in [0.1, 0.15) is 6.23 Å². The quantitative estimate of drug-likeness (QED) is 0.194. The molecule has 0 aromatic rings. The zero-order valence-corrected chi connectivity index (χ0v) is 17.4. The summed E-state index contributed by atoms with van der Waals surface area (Å²) in [6, 6.07) is 0. The van der Waals surface area contributed by atoms with Crippen LogP contribution in [0.1, 0.15) is 45.4 Å². The Balaban J connectivity index is 1.89. The zero-order chi connectivity index (χ0) is 20.5. The van der Waals surface area contributed by atoms with E-state index in [0.717, 1.165) is 45.1 Å². The van der Waals surface area contributed by atoms with Crippen molar-refractivity contribution >= 4 is 5.78 Å². The van der Waals surface area contributed by atoms with Crippen molar-refractivity contribution in [2.75, 3.05) is 52.7 Å². The summed E-state index contributed by atoms with van der Waals surface area (Å²) in [6.07, 6.45) is 9.02. The minimum Gasteiger partial charge on any atom is -0.379 e. The third-order valence-corrected chi connectivity index (χ3v) is 4.92. The number of aliphatic hydroxyl groups is 1. The molecule has 1 fully saturated rings. The number of hydrogen-bond acceptors (Lipinski definition) is 7. The van der Waals surface area contributed by atoms with Crippen molar-refractivity contribution in [3.63, 3.8) is 0 Å². The van der Waals surface area contributed by atoms with Crippen molar-refractivity contribution in [1.29, 1.82) is 0 Å². The molecule has 28 heavy (non-hydrogen) atoms. The fourth-order valence-corrected chi connectivity index (χ4v) is 3.24. The largest absolute Gasteiger partial charge is 0.379 e. The van der Waals surface area contributed by atoms with Crippen LogP contribution < -0.4 is 11.1 Å². The number of nitrogens with two attached hydrogens (primary N) is 1. The number of hydrogen-bond donors (Lipinski definition) is 3. The minimum atomic E-state index is -0.458. The Kier molecular flexibility index (Phi) is 15.4. The summed E-state index contributed by atoms with van der Waals surface area (Å²) in [6.45, 7) is 6.62. The third-order valence-electron chi connectivity index (χ3n) is 4.92. The number of nitrogens with one attached hydrogen (secondary N) is 1. The fraction of sp³-hybridized carbons (Fsp3) is 0.857. The van der Waals surface area contributed by atoms with Gasteiger partial charge in [-0.2, -0.15) is 0 Å². The molecule has 0 aromatic carbocycles. The van der Waals surface area contributed by atoms with E-state index >= 15 is 0 Å². The van der Waals surface area contributed by atoms with Crippen molar-refractivity contribution < 1.29 is 24.1 Å². The molecule has 0 aliphatic heterocycles. The second-order valence-electron chi connectivity index (χ2n) is 7.38. The Labute approximate surface area is 170 Å². The SMILES string of the molecule is CC(=O)/C=C\C1CCC(C(O)NCCCOCCOCCOCCCN)CC1. The normalized spacial score (nSPS) is 21.2. The molecule has 1 aliphatic rings. The smallest absolute Gasteiger partial charge is 0.152 e. The first-order valence-corrected chi connectivity index (χ1v) is 10.7. The first-order chi connectivity index (χ1) is 13.6. The van der Waals surface area contributed by atoms with Gasteiger partial charge in [-0.05, 0) is 76.5 Å². The molecule has 0 radical (unpaired) electrons.